The first-order valence-corrected chi connectivity index (χ1v) is 7.86. The molecule has 2 N–H and O–H groups in total. The number of carboxylic acids is 1. The predicted octanol–water partition coefficient (Wildman–Crippen LogP) is 2.12. The number of carbonyl (C=O) groups excluding carboxylic acids is 1. The molecule has 0 unspecified atom stereocenters. The van der Waals surface area contributed by atoms with Crippen molar-refractivity contribution < 1.29 is 14.7 Å². The second-order valence-electron chi connectivity index (χ2n) is 5.94. The number of amides is 1. The second kappa shape index (κ2) is 6.79. The fourth-order valence-electron chi connectivity index (χ4n) is 3.11. The molecule has 0 aromatic heterocycles. The van der Waals surface area contributed by atoms with E-state index in [0.29, 0.717) is 18.7 Å². The Morgan fingerprint density at radius 2 is 1.78 bits per heavy atom. The van der Waals surface area contributed by atoms with Gasteiger partial charge in [-0.3, -0.25) is 14.5 Å². The quantitative estimate of drug-likeness (QED) is 0.907. The van der Waals surface area contributed by atoms with Crippen LogP contribution in [0.2, 0.25) is 0 Å². The second-order valence-corrected chi connectivity index (χ2v) is 5.94. The van der Waals surface area contributed by atoms with Gasteiger partial charge in [0.05, 0.1) is 6.54 Å². The van der Waals surface area contributed by atoms with E-state index < -0.39 is 5.97 Å². The molecule has 2 aromatic carbocycles. The Bertz CT molecular complexity index is 716. The predicted molar refractivity (Wildman–Crippen MR) is 88.5 cm³/mol. The lowest BCUT2D eigenvalue weighted by atomic mass is 10.0. The van der Waals surface area contributed by atoms with Crippen LogP contribution in [0.4, 0.5) is 0 Å². The zero-order valence-electron chi connectivity index (χ0n) is 12.9. The number of nitrogens with one attached hydrogen (secondary N) is 1. The number of fused-ring (bicyclic) bond motifs is 1. The molecule has 2 aromatic rings. The van der Waals surface area contributed by atoms with Gasteiger partial charge in [-0.05, 0) is 29.7 Å². The number of benzene rings is 2. The van der Waals surface area contributed by atoms with Crippen molar-refractivity contribution in [3.8, 4) is 0 Å². The lowest BCUT2D eigenvalue weighted by molar-refractivity contribution is -0.138. The van der Waals surface area contributed by atoms with E-state index in [2.05, 4.69) is 5.32 Å². The third kappa shape index (κ3) is 3.68. The molecule has 0 atom stereocenters. The standard InChI is InChI=1S/C18H20N2O3/c21-17(22)12-20-10-8-14(9-11-20)19-18(23)16-7-3-5-13-4-1-2-6-15(13)16/h1-7,14H,8-12H2,(H,19,23)(H,21,22). The zero-order chi connectivity index (χ0) is 16.2. The van der Waals surface area contributed by atoms with Crippen molar-refractivity contribution in [3.63, 3.8) is 0 Å². The highest BCUT2D eigenvalue weighted by Gasteiger charge is 2.22. The number of aliphatic carboxylic acids is 1. The minimum atomic E-state index is -0.803. The molecule has 1 heterocycles. The van der Waals surface area contributed by atoms with E-state index in [-0.39, 0.29) is 18.5 Å². The van der Waals surface area contributed by atoms with E-state index >= 15 is 0 Å². The Hall–Kier alpha value is -2.40. The summed E-state index contributed by atoms with van der Waals surface area (Å²) in [4.78, 5) is 25.2. The van der Waals surface area contributed by atoms with Gasteiger partial charge in [-0.1, -0.05) is 36.4 Å². The van der Waals surface area contributed by atoms with Gasteiger partial charge in [0.2, 0.25) is 0 Å². The molecule has 0 spiro atoms. The molecule has 0 saturated carbocycles. The number of piperidine rings is 1. The molecule has 1 fully saturated rings. The smallest absolute Gasteiger partial charge is 0.317 e. The summed E-state index contributed by atoms with van der Waals surface area (Å²) in [6.07, 6.45) is 1.56. The molecular weight excluding hydrogens is 292 g/mol. The number of rotatable bonds is 4. The first-order valence-electron chi connectivity index (χ1n) is 7.86. The Morgan fingerprint density at radius 1 is 1.09 bits per heavy atom. The van der Waals surface area contributed by atoms with Gasteiger partial charge in [-0.25, -0.2) is 0 Å². The van der Waals surface area contributed by atoms with Crippen molar-refractivity contribution in [1.29, 1.82) is 0 Å². The maximum atomic E-state index is 12.6. The van der Waals surface area contributed by atoms with E-state index in [1.54, 1.807) is 0 Å². The van der Waals surface area contributed by atoms with E-state index in [1.807, 2.05) is 47.4 Å². The summed E-state index contributed by atoms with van der Waals surface area (Å²) in [5.41, 5.74) is 0.691. The van der Waals surface area contributed by atoms with Crippen molar-refractivity contribution in [2.24, 2.45) is 0 Å². The lowest BCUT2D eigenvalue weighted by Crippen LogP contribution is -2.45. The highest BCUT2D eigenvalue weighted by atomic mass is 16.4. The number of likely N-dealkylation sites (tertiary alicyclic amines) is 1. The topological polar surface area (TPSA) is 69.6 Å². The number of carbonyl (C=O) groups is 2. The summed E-state index contributed by atoms with van der Waals surface area (Å²) in [6, 6.07) is 13.7. The number of hydrogen-bond acceptors (Lipinski definition) is 3. The Balaban J connectivity index is 1.65. The van der Waals surface area contributed by atoms with Gasteiger partial charge in [0, 0.05) is 24.7 Å². The molecule has 5 nitrogen and oxygen atoms in total. The molecule has 3 rings (SSSR count). The fourth-order valence-corrected chi connectivity index (χ4v) is 3.11. The number of carboxylic acid groups (broad SMARTS) is 1. The van der Waals surface area contributed by atoms with Crippen LogP contribution in [0.25, 0.3) is 10.8 Å². The summed E-state index contributed by atoms with van der Waals surface area (Å²) in [5.74, 6) is -0.860. The van der Waals surface area contributed by atoms with Crippen LogP contribution in [0.1, 0.15) is 23.2 Å². The molecule has 0 radical (unpaired) electrons. The van der Waals surface area contributed by atoms with E-state index in [1.165, 1.54) is 0 Å². The number of hydrogen-bond donors (Lipinski definition) is 2. The van der Waals surface area contributed by atoms with Gasteiger partial charge in [0.1, 0.15) is 0 Å². The lowest BCUT2D eigenvalue weighted by Gasteiger charge is -2.31. The van der Waals surface area contributed by atoms with Crippen molar-refractivity contribution in [2.75, 3.05) is 19.6 Å². The summed E-state index contributed by atoms with van der Waals surface area (Å²) in [6.45, 7) is 1.48. The van der Waals surface area contributed by atoms with Crippen LogP contribution < -0.4 is 5.32 Å². The largest absolute Gasteiger partial charge is 0.480 e. The first-order chi connectivity index (χ1) is 11.1. The molecule has 1 saturated heterocycles. The van der Waals surface area contributed by atoms with Gasteiger partial charge >= 0.3 is 5.97 Å². The highest BCUT2D eigenvalue weighted by Crippen LogP contribution is 2.19. The summed E-state index contributed by atoms with van der Waals surface area (Å²) in [5, 5.41) is 13.9. The van der Waals surface area contributed by atoms with Crippen molar-refractivity contribution in [1.82, 2.24) is 10.2 Å². The van der Waals surface area contributed by atoms with Crippen LogP contribution in [0.15, 0.2) is 42.5 Å². The van der Waals surface area contributed by atoms with Gasteiger partial charge < -0.3 is 10.4 Å². The van der Waals surface area contributed by atoms with Crippen LogP contribution in [0.3, 0.4) is 0 Å². The fraction of sp³-hybridized carbons (Fsp3) is 0.333. The summed E-state index contributed by atoms with van der Waals surface area (Å²) < 4.78 is 0. The molecule has 120 valence electrons. The minimum Gasteiger partial charge on any atom is -0.480 e. The molecule has 5 heteroatoms. The molecule has 0 aliphatic carbocycles. The highest BCUT2D eigenvalue weighted by molar-refractivity contribution is 6.07. The molecule has 23 heavy (non-hydrogen) atoms. The van der Waals surface area contributed by atoms with Crippen molar-refractivity contribution >= 4 is 22.6 Å². The first kappa shape index (κ1) is 15.5. The third-order valence-corrected chi connectivity index (χ3v) is 4.32. The number of nitrogens with zero attached hydrogens (tertiary/aromatic N) is 1. The minimum absolute atomic E-state index is 0.0570. The van der Waals surface area contributed by atoms with Gasteiger partial charge in [-0.15, -0.1) is 0 Å². The maximum Gasteiger partial charge on any atom is 0.317 e. The molecule has 1 amide bonds. The SMILES string of the molecule is O=C(O)CN1CCC(NC(=O)c2cccc3ccccc23)CC1. The van der Waals surface area contributed by atoms with Gasteiger partial charge in [-0.2, -0.15) is 0 Å². The summed E-state index contributed by atoms with van der Waals surface area (Å²) in [7, 11) is 0. The maximum absolute atomic E-state index is 12.6. The normalized spacial score (nSPS) is 16.3. The van der Waals surface area contributed by atoms with Crippen LogP contribution in [-0.4, -0.2) is 47.6 Å². The average molecular weight is 312 g/mol. The van der Waals surface area contributed by atoms with Gasteiger partial charge in [0.25, 0.3) is 5.91 Å². The Morgan fingerprint density at radius 3 is 2.52 bits per heavy atom. The van der Waals surface area contributed by atoms with Crippen LogP contribution >= 0.6 is 0 Å². The third-order valence-electron chi connectivity index (χ3n) is 4.32. The Labute approximate surface area is 134 Å². The van der Waals surface area contributed by atoms with E-state index in [4.69, 9.17) is 5.11 Å². The zero-order valence-corrected chi connectivity index (χ0v) is 12.9. The van der Waals surface area contributed by atoms with Crippen LogP contribution in [0.5, 0.6) is 0 Å². The molecule has 1 aliphatic rings. The van der Waals surface area contributed by atoms with Crippen LogP contribution in [-0.2, 0) is 4.79 Å². The van der Waals surface area contributed by atoms with Crippen molar-refractivity contribution in [2.45, 2.75) is 18.9 Å². The van der Waals surface area contributed by atoms with Gasteiger partial charge in [0.15, 0.2) is 0 Å². The monoisotopic (exact) mass is 312 g/mol. The summed E-state index contributed by atoms with van der Waals surface area (Å²) >= 11 is 0. The molecular formula is C18H20N2O3. The van der Waals surface area contributed by atoms with Crippen molar-refractivity contribution in [3.05, 3.63) is 48.0 Å². The average Bonchev–Trinajstić information content (AvgIpc) is 2.55. The molecule has 1 aliphatic heterocycles. The van der Waals surface area contributed by atoms with Crippen LogP contribution in [0, 0.1) is 0 Å². The Kier molecular flexibility index (Phi) is 4.57. The van der Waals surface area contributed by atoms with E-state index in [9.17, 15) is 9.59 Å². The van der Waals surface area contributed by atoms with E-state index in [0.717, 1.165) is 23.6 Å². The molecule has 0 bridgehead atoms.